The van der Waals surface area contributed by atoms with Gasteiger partial charge in [0.25, 0.3) is 6.43 Å². The first kappa shape index (κ1) is 29.3. The van der Waals surface area contributed by atoms with Crippen LogP contribution in [0.5, 0.6) is 5.88 Å². The van der Waals surface area contributed by atoms with E-state index in [4.69, 9.17) is 14.2 Å². The van der Waals surface area contributed by atoms with Crippen LogP contribution in [0.1, 0.15) is 31.2 Å². The van der Waals surface area contributed by atoms with Crippen molar-refractivity contribution in [2.24, 2.45) is 7.05 Å². The lowest BCUT2D eigenvalue weighted by Crippen LogP contribution is -2.45. The van der Waals surface area contributed by atoms with Crippen molar-refractivity contribution >= 4 is 18.0 Å². The van der Waals surface area contributed by atoms with Crippen molar-refractivity contribution < 1.29 is 41.0 Å². The van der Waals surface area contributed by atoms with Crippen LogP contribution in [0, 0.1) is 0 Å². The molecule has 0 bridgehead atoms. The summed E-state index contributed by atoms with van der Waals surface area (Å²) in [5.41, 5.74) is 0.121. The molecule has 0 unspecified atom stereocenters. The second-order valence-corrected chi connectivity index (χ2v) is 9.82. The number of anilines is 2. The van der Waals surface area contributed by atoms with Gasteiger partial charge in [0, 0.05) is 49.5 Å². The largest absolute Gasteiger partial charge is 0.469 e. The molecule has 5 rings (SSSR count). The van der Waals surface area contributed by atoms with Crippen LogP contribution in [0.25, 0.3) is 11.3 Å². The van der Waals surface area contributed by atoms with Gasteiger partial charge in [-0.3, -0.25) is 4.68 Å². The highest BCUT2D eigenvalue weighted by atomic mass is 19.4. The molecule has 1 saturated carbocycles. The molecule has 0 radical (unpaired) electrons. The number of amides is 1. The van der Waals surface area contributed by atoms with E-state index in [9.17, 15) is 26.7 Å². The molecule has 1 aliphatic carbocycles. The molecule has 3 aromatic heterocycles. The van der Waals surface area contributed by atoms with Crippen molar-refractivity contribution in [1.82, 2.24) is 29.7 Å². The first-order valence-electron chi connectivity index (χ1n) is 13.1. The number of nitrogens with zero attached hydrogens (tertiary/aromatic N) is 7. The van der Waals surface area contributed by atoms with E-state index in [1.807, 2.05) is 0 Å². The van der Waals surface area contributed by atoms with Crippen LogP contribution >= 0.6 is 0 Å². The zero-order chi connectivity index (χ0) is 29.9. The molecular formula is C25H27F5N8O4. The number of hydrogen-bond acceptors (Lipinski definition) is 10. The molecule has 12 nitrogen and oxygen atoms in total. The SMILES string of the molecule is Cn1ccc(-c2cnc(N(C(=O)OCC(F)F)C3CCC(Nc4ncc(C(F)(F)F)c(OC5COC5)n4)CC3)nc2)n1. The number of aromatic nitrogens is 6. The Morgan fingerprint density at radius 2 is 1.86 bits per heavy atom. The van der Waals surface area contributed by atoms with Crippen LogP contribution in [0.2, 0.25) is 0 Å². The van der Waals surface area contributed by atoms with Gasteiger partial charge in [-0.1, -0.05) is 0 Å². The molecule has 0 aromatic carbocycles. The van der Waals surface area contributed by atoms with Crippen LogP contribution in [0.3, 0.4) is 0 Å². The summed E-state index contributed by atoms with van der Waals surface area (Å²) in [6, 6.07) is 1.03. The summed E-state index contributed by atoms with van der Waals surface area (Å²) in [6.07, 6.45) is -2.05. The van der Waals surface area contributed by atoms with Crippen molar-refractivity contribution in [2.75, 3.05) is 30.0 Å². The molecule has 1 amide bonds. The van der Waals surface area contributed by atoms with E-state index in [2.05, 4.69) is 30.4 Å². The van der Waals surface area contributed by atoms with E-state index in [-0.39, 0.29) is 31.2 Å². The zero-order valence-electron chi connectivity index (χ0n) is 22.3. The maximum absolute atomic E-state index is 13.4. The second kappa shape index (κ2) is 12.4. The first-order chi connectivity index (χ1) is 20.1. The predicted octanol–water partition coefficient (Wildman–Crippen LogP) is 4.09. The average Bonchev–Trinajstić information content (AvgIpc) is 3.37. The summed E-state index contributed by atoms with van der Waals surface area (Å²) in [5.74, 6) is -0.636. The van der Waals surface area contributed by atoms with E-state index in [0.717, 1.165) is 4.90 Å². The van der Waals surface area contributed by atoms with Crippen molar-refractivity contribution in [2.45, 2.75) is 56.5 Å². The van der Waals surface area contributed by atoms with Gasteiger partial charge in [-0.2, -0.15) is 23.3 Å². The van der Waals surface area contributed by atoms with Gasteiger partial charge in [0.1, 0.15) is 11.7 Å². The molecule has 3 aromatic rings. The normalized spacial score (nSPS) is 19.3. The number of nitrogens with one attached hydrogen (secondary N) is 1. The summed E-state index contributed by atoms with van der Waals surface area (Å²) in [6.45, 7) is -0.749. The van der Waals surface area contributed by atoms with Crippen molar-refractivity contribution in [3.8, 4) is 17.1 Å². The standard InChI is InChI=1S/C25H27F5N8O4/c1-37-7-6-19(36-37)14-8-32-23(33-9-14)38(24(39)41-13-20(26)27)16-4-2-15(3-5-16)34-22-31-10-18(25(28,29)30)21(35-22)42-17-11-40-12-17/h6-10,15-17,20H,2-5,11-13H2,1H3,(H,31,34,35). The van der Waals surface area contributed by atoms with Gasteiger partial charge in [-0.05, 0) is 31.7 Å². The van der Waals surface area contributed by atoms with Crippen LogP contribution in [0.4, 0.5) is 38.6 Å². The first-order valence-corrected chi connectivity index (χ1v) is 13.1. The monoisotopic (exact) mass is 598 g/mol. The Morgan fingerprint density at radius 1 is 1.14 bits per heavy atom. The summed E-state index contributed by atoms with van der Waals surface area (Å²) in [7, 11) is 1.76. The highest BCUT2D eigenvalue weighted by molar-refractivity contribution is 5.86. The topological polar surface area (TPSA) is 129 Å². The molecule has 2 fully saturated rings. The number of alkyl halides is 5. The minimum Gasteiger partial charge on any atom is -0.469 e. The highest BCUT2D eigenvalue weighted by Gasteiger charge is 2.38. The maximum Gasteiger partial charge on any atom is 0.423 e. The van der Waals surface area contributed by atoms with Crippen LogP contribution in [0.15, 0.2) is 30.9 Å². The van der Waals surface area contributed by atoms with Gasteiger partial charge >= 0.3 is 12.3 Å². The quantitative estimate of drug-likeness (QED) is 0.360. The van der Waals surface area contributed by atoms with Gasteiger partial charge in [0.15, 0.2) is 6.61 Å². The van der Waals surface area contributed by atoms with E-state index in [1.165, 1.54) is 12.4 Å². The molecule has 1 aliphatic heterocycles. The minimum absolute atomic E-state index is 0.0156. The Bertz CT molecular complexity index is 1360. The molecular weight excluding hydrogens is 571 g/mol. The van der Waals surface area contributed by atoms with E-state index < -0.39 is 48.9 Å². The lowest BCUT2D eigenvalue weighted by molar-refractivity contribution is -0.142. The summed E-state index contributed by atoms with van der Waals surface area (Å²) < 4.78 is 82.6. The summed E-state index contributed by atoms with van der Waals surface area (Å²) >= 11 is 0. The second-order valence-electron chi connectivity index (χ2n) is 9.82. The Kier molecular flexibility index (Phi) is 8.65. The molecule has 1 N–H and O–H groups in total. The molecule has 17 heteroatoms. The smallest absolute Gasteiger partial charge is 0.423 e. The van der Waals surface area contributed by atoms with Gasteiger partial charge in [0.2, 0.25) is 17.8 Å². The molecule has 0 spiro atoms. The van der Waals surface area contributed by atoms with Gasteiger partial charge < -0.3 is 19.5 Å². The Hall–Kier alpha value is -4.15. The van der Waals surface area contributed by atoms with Crippen molar-refractivity contribution in [3.63, 3.8) is 0 Å². The van der Waals surface area contributed by atoms with Crippen LogP contribution in [-0.4, -0.2) is 80.2 Å². The fraction of sp³-hybridized carbons (Fsp3) is 0.520. The Labute approximate surface area is 236 Å². The van der Waals surface area contributed by atoms with Crippen molar-refractivity contribution in [1.29, 1.82) is 0 Å². The van der Waals surface area contributed by atoms with Crippen LogP contribution < -0.4 is 15.0 Å². The molecule has 1 saturated heterocycles. The van der Waals surface area contributed by atoms with Gasteiger partial charge in [0.05, 0.1) is 18.9 Å². The van der Waals surface area contributed by atoms with E-state index in [0.29, 0.717) is 43.1 Å². The Balaban J connectivity index is 1.27. The molecule has 226 valence electrons. The number of carbonyl (C=O) groups excluding carboxylic acids is 1. The molecule has 4 heterocycles. The molecule has 42 heavy (non-hydrogen) atoms. The van der Waals surface area contributed by atoms with E-state index >= 15 is 0 Å². The third-order valence-electron chi connectivity index (χ3n) is 6.73. The zero-order valence-corrected chi connectivity index (χ0v) is 22.3. The van der Waals surface area contributed by atoms with Crippen LogP contribution in [-0.2, 0) is 22.7 Å². The minimum atomic E-state index is -4.70. The number of ether oxygens (including phenoxy) is 3. The van der Waals surface area contributed by atoms with Crippen molar-refractivity contribution in [3.05, 3.63) is 36.4 Å². The fourth-order valence-corrected chi connectivity index (χ4v) is 4.57. The number of hydrogen-bond donors (Lipinski definition) is 1. The third-order valence-corrected chi connectivity index (χ3v) is 6.73. The molecule has 0 atom stereocenters. The summed E-state index contributed by atoms with van der Waals surface area (Å²) in [5, 5.41) is 7.31. The number of halogens is 5. The number of rotatable bonds is 9. The molecule has 2 aliphatic rings. The highest BCUT2D eigenvalue weighted by Crippen LogP contribution is 2.36. The predicted molar refractivity (Wildman–Crippen MR) is 136 cm³/mol. The van der Waals surface area contributed by atoms with E-state index in [1.54, 1.807) is 24.0 Å². The Morgan fingerprint density at radius 3 is 2.43 bits per heavy atom. The number of aryl methyl sites for hydroxylation is 1. The third kappa shape index (κ3) is 7.00. The lowest BCUT2D eigenvalue weighted by Gasteiger charge is -2.35. The average molecular weight is 599 g/mol. The maximum atomic E-state index is 13.4. The fourth-order valence-electron chi connectivity index (χ4n) is 4.57. The van der Waals surface area contributed by atoms with Gasteiger partial charge in [-0.25, -0.2) is 33.4 Å². The summed E-state index contributed by atoms with van der Waals surface area (Å²) in [4.78, 5) is 30.4. The lowest BCUT2D eigenvalue weighted by atomic mass is 9.90. The van der Waals surface area contributed by atoms with Gasteiger partial charge in [-0.15, -0.1) is 0 Å². The number of carbonyl (C=O) groups is 1.